The molecule has 0 aromatic carbocycles. The predicted octanol–water partition coefficient (Wildman–Crippen LogP) is 3.09. The van der Waals surface area contributed by atoms with E-state index in [1.54, 1.807) is 6.20 Å². The molecule has 1 amide bonds. The first-order valence-corrected chi connectivity index (χ1v) is 10.3. The second-order valence-corrected chi connectivity index (χ2v) is 7.61. The van der Waals surface area contributed by atoms with Crippen LogP contribution in [-0.2, 0) is 11.2 Å². The van der Waals surface area contributed by atoms with E-state index < -0.39 is 0 Å². The van der Waals surface area contributed by atoms with Crippen LogP contribution < -0.4 is 10.6 Å². The molecule has 9 heteroatoms. The third-order valence-corrected chi connectivity index (χ3v) is 5.54. The van der Waals surface area contributed by atoms with Gasteiger partial charge in [-0.05, 0) is 31.4 Å². The van der Waals surface area contributed by atoms with E-state index in [9.17, 15) is 4.79 Å². The van der Waals surface area contributed by atoms with Gasteiger partial charge in [-0.3, -0.25) is 9.78 Å². The minimum absolute atomic E-state index is 0.129. The van der Waals surface area contributed by atoms with E-state index in [0.717, 1.165) is 37.1 Å². The number of ether oxygens (including phenoxy) is 1. The topological polar surface area (TPSA) is 102 Å². The van der Waals surface area contributed by atoms with Crippen molar-refractivity contribution in [1.29, 1.82) is 0 Å². The van der Waals surface area contributed by atoms with Crippen LogP contribution in [0.3, 0.4) is 0 Å². The molecular weight excluding hydrogens is 376 g/mol. The van der Waals surface area contributed by atoms with E-state index in [4.69, 9.17) is 4.74 Å². The SMILES string of the molecule is CCCc1ncccc1Nc1ncnc2sc(C(=O)NC3CCOCC3)nc12. The molecule has 0 atom stereocenters. The summed E-state index contributed by atoms with van der Waals surface area (Å²) in [5, 5.41) is 6.75. The highest BCUT2D eigenvalue weighted by molar-refractivity contribution is 7.19. The van der Waals surface area contributed by atoms with Gasteiger partial charge in [0.25, 0.3) is 5.91 Å². The molecule has 4 heterocycles. The quantitative estimate of drug-likeness (QED) is 0.658. The van der Waals surface area contributed by atoms with E-state index in [1.165, 1.54) is 17.7 Å². The van der Waals surface area contributed by atoms with Crippen molar-refractivity contribution >= 4 is 39.1 Å². The zero-order valence-corrected chi connectivity index (χ0v) is 16.5. The normalized spacial score (nSPS) is 14.9. The first-order valence-electron chi connectivity index (χ1n) is 9.45. The third kappa shape index (κ3) is 4.10. The number of rotatable bonds is 6. The molecule has 1 fully saturated rings. The molecule has 0 saturated carbocycles. The van der Waals surface area contributed by atoms with Crippen molar-refractivity contribution in [3.8, 4) is 0 Å². The van der Waals surface area contributed by atoms with Crippen molar-refractivity contribution < 1.29 is 9.53 Å². The van der Waals surface area contributed by atoms with E-state index >= 15 is 0 Å². The van der Waals surface area contributed by atoms with Gasteiger partial charge < -0.3 is 15.4 Å². The fourth-order valence-corrected chi connectivity index (χ4v) is 3.96. The first-order chi connectivity index (χ1) is 13.7. The highest BCUT2D eigenvalue weighted by atomic mass is 32.1. The second kappa shape index (κ2) is 8.57. The number of carbonyl (C=O) groups is 1. The summed E-state index contributed by atoms with van der Waals surface area (Å²) in [7, 11) is 0. The minimum Gasteiger partial charge on any atom is -0.381 e. The lowest BCUT2D eigenvalue weighted by molar-refractivity contribution is 0.0696. The van der Waals surface area contributed by atoms with Crippen molar-refractivity contribution in [2.75, 3.05) is 18.5 Å². The van der Waals surface area contributed by atoms with Crippen molar-refractivity contribution in [1.82, 2.24) is 25.3 Å². The Bertz CT molecular complexity index is 970. The minimum atomic E-state index is -0.172. The molecule has 28 heavy (non-hydrogen) atoms. The third-order valence-electron chi connectivity index (χ3n) is 4.58. The Kier molecular flexibility index (Phi) is 5.73. The van der Waals surface area contributed by atoms with Crippen molar-refractivity contribution in [2.45, 2.75) is 38.6 Å². The number of anilines is 2. The fourth-order valence-electron chi connectivity index (χ4n) is 3.15. The van der Waals surface area contributed by atoms with Gasteiger partial charge in [0.1, 0.15) is 16.7 Å². The smallest absolute Gasteiger partial charge is 0.280 e. The van der Waals surface area contributed by atoms with Crippen LogP contribution >= 0.6 is 11.3 Å². The number of aromatic nitrogens is 4. The van der Waals surface area contributed by atoms with Crippen LogP contribution in [0, 0.1) is 0 Å². The molecule has 1 saturated heterocycles. The number of carbonyl (C=O) groups excluding carboxylic acids is 1. The van der Waals surface area contributed by atoms with E-state index in [1.807, 2.05) is 12.1 Å². The summed E-state index contributed by atoms with van der Waals surface area (Å²) in [6.07, 6.45) is 6.78. The molecule has 0 unspecified atom stereocenters. The van der Waals surface area contributed by atoms with Crippen molar-refractivity contribution in [2.24, 2.45) is 0 Å². The summed E-state index contributed by atoms with van der Waals surface area (Å²) in [5.41, 5.74) is 2.46. The summed E-state index contributed by atoms with van der Waals surface area (Å²) < 4.78 is 5.34. The maximum absolute atomic E-state index is 12.6. The molecule has 1 aliphatic heterocycles. The van der Waals surface area contributed by atoms with Crippen LogP contribution in [0.2, 0.25) is 0 Å². The molecule has 3 aromatic heterocycles. The molecule has 0 aliphatic carbocycles. The van der Waals surface area contributed by atoms with Gasteiger partial charge in [0, 0.05) is 25.5 Å². The van der Waals surface area contributed by atoms with Crippen LogP contribution in [0.25, 0.3) is 10.3 Å². The predicted molar refractivity (Wildman–Crippen MR) is 108 cm³/mol. The zero-order valence-electron chi connectivity index (χ0n) is 15.6. The van der Waals surface area contributed by atoms with Gasteiger partial charge in [0.2, 0.25) is 0 Å². The molecule has 4 rings (SSSR count). The van der Waals surface area contributed by atoms with Gasteiger partial charge >= 0.3 is 0 Å². The largest absolute Gasteiger partial charge is 0.381 e. The van der Waals surface area contributed by atoms with Crippen molar-refractivity contribution in [3.63, 3.8) is 0 Å². The van der Waals surface area contributed by atoms with E-state index in [0.29, 0.717) is 34.4 Å². The summed E-state index contributed by atoms with van der Waals surface area (Å²) >= 11 is 1.27. The molecule has 1 aliphatic rings. The van der Waals surface area contributed by atoms with Crippen LogP contribution in [0.5, 0.6) is 0 Å². The number of thiazole rings is 1. The molecule has 146 valence electrons. The van der Waals surface area contributed by atoms with Crippen LogP contribution in [0.4, 0.5) is 11.5 Å². The Morgan fingerprint density at radius 1 is 1.29 bits per heavy atom. The van der Waals surface area contributed by atoms with Gasteiger partial charge in [-0.15, -0.1) is 0 Å². The molecule has 0 radical (unpaired) electrons. The van der Waals surface area contributed by atoms with Gasteiger partial charge in [-0.2, -0.15) is 0 Å². The lowest BCUT2D eigenvalue weighted by Gasteiger charge is -2.22. The fraction of sp³-hybridized carbons (Fsp3) is 0.421. The number of hydrogen-bond acceptors (Lipinski definition) is 8. The lowest BCUT2D eigenvalue weighted by atomic mass is 10.1. The number of pyridine rings is 1. The number of nitrogens with zero attached hydrogens (tertiary/aromatic N) is 4. The number of aryl methyl sites for hydroxylation is 1. The summed E-state index contributed by atoms with van der Waals surface area (Å²) in [4.78, 5) is 30.9. The second-order valence-electron chi connectivity index (χ2n) is 6.63. The van der Waals surface area contributed by atoms with Crippen LogP contribution in [0.15, 0.2) is 24.7 Å². The van der Waals surface area contributed by atoms with Crippen molar-refractivity contribution in [3.05, 3.63) is 35.4 Å². The lowest BCUT2D eigenvalue weighted by Crippen LogP contribution is -2.38. The molecular formula is C19H22N6O2S. The van der Waals surface area contributed by atoms with Gasteiger partial charge in [0.05, 0.1) is 11.4 Å². The Morgan fingerprint density at radius 3 is 2.96 bits per heavy atom. The van der Waals surface area contributed by atoms with Crippen LogP contribution in [0.1, 0.15) is 41.7 Å². The standard InChI is InChI=1S/C19H22N6O2S/c1-2-4-13-14(5-3-8-20-13)24-16-15-18(22-11-21-16)28-19(25-15)17(26)23-12-6-9-27-10-7-12/h3,5,8,11-12H,2,4,6-7,9-10H2,1H3,(H,23,26)(H,21,22,24). The van der Waals surface area contributed by atoms with E-state index in [2.05, 4.69) is 37.5 Å². The molecule has 3 aromatic rings. The number of hydrogen-bond donors (Lipinski definition) is 2. The van der Waals surface area contributed by atoms with Crippen LogP contribution in [-0.4, -0.2) is 45.1 Å². The molecule has 0 spiro atoms. The molecule has 2 N–H and O–H groups in total. The Balaban J connectivity index is 1.58. The van der Waals surface area contributed by atoms with Gasteiger partial charge in [-0.25, -0.2) is 15.0 Å². The Morgan fingerprint density at radius 2 is 2.14 bits per heavy atom. The number of amides is 1. The maximum atomic E-state index is 12.6. The Labute approximate surface area is 166 Å². The van der Waals surface area contributed by atoms with Gasteiger partial charge in [-0.1, -0.05) is 24.7 Å². The summed E-state index contributed by atoms with van der Waals surface area (Å²) in [6.45, 7) is 3.47. The molecule has 8 nitrogen and oxygen atoms in total. The number of nitrogens with one attached hydrogen (secondary N) is 2. The average molecular weight is 398 g/mol. The molecule has 0 bridgehead atoms. The number of fused-ring (bicyclic) bond motifs is 1. The monoisotopic (exact) mass is 398 g/mol. The van der Waals surface area contributed by atoms with E-state index in [-0.39, 0.29) is 11.9 Å². The summed E-state index contributed by atoms with van der Waals surface area (Å²) in [5.74, 6) is 0.408. The highest BCUT2D eigenvalue weighted by Gasteiger charge is 2.21. The van der Waals surface area contributed by atoms with Gasteiger partial charge in [0.15, 0.2) is 10.8 Å². The zero-order chi connectivity index (χ0) is 19.3. The first kappa shape index (κ1) is 18.7. The highest BCUT2D eigenvalue weighted by Crippen LogP contribution is 2.28. The Hall–Kier alpha value is -2.65. The average Bonchev–Trinajstić information content (AvgIpc) is 3.16. The summed E-state index contributed by atoms with van der Waals surface area (Å²) in [6, 6.07) is 3.98. The maximum Gasteiger partial charge on any atom is 0.280 e.